The van der Waals surface area contributed by atoms with Crippen molar-refractivity contribution in [2.24, 2.45) is 0 Å². The van der Waals surface area contributed by atoms with Crippen molar-refractivity contribution in [3.8, 4) is 11.5 Å². The van der Waals surface area contributed by atoms with Gasteiger partial charge in [0.15, 0.2) is 4.77 Å². The first-order valence-corrected chi connectivity index (χ1v) is 11.3. The Hall–Kier alpha value is -1.22. The van der Waals surface area contributed by atoms with Crippen LogP contribution < -0.4 is 0 Å². The van der Waals surface area contributed by atoms with Gasteiger partial charge in [-0.25, -0.2) is 9.97 Å². The first-order chi connectivity index (χ1) is 11.2. The van der Waals surface area contributed by atoms with Crippen LogP contribution in [-0.2, 0) is 0 Å². The highest BCUT2D eigenvalue weighted by molar-refractivity contribution is 7.71. The molecule has 0 radical (unpaired) electrons. The summed E-state index contributed by atoms with van der Waals surface area (Å²) >= 11 is 11.2. The topological polar surface area (TPSA) is 41.6 Å². The molecule has 0 bridgehead atoms. The second kappa shape index (κ2) is 7.34. The van der Waals surface area contributed by atoms with E-state index < -0.39 is 8.07 Å². The van der Waals surface area contributed by atoms with Gasteiger partial charge in [0, 0.05) is 11.8 Å². The van der Waals surface area contributed by atoms with E-state index >= 15 is 0 Å². The van der Waals surface area contributed by atoms with Gasteiger partial charge in [-0.3, -0.25) is 0 Å². The molecule has 0 spiro atoms. The summed E-state index contributed by atoms with van der Waals surface area (Å²) in [6, 6.07) is 1.82. The Morgan fingerprint density at radius 3 is 2.25 bits per heavy atom. The molecule has 0 aliphatic heterocycles. The number of fused-ring (bicyclic) bond motifs is 1. The van der Waals surface area contributed by atoms with Crippen LogP contribution in [0.15, 0.2) is 12.3 Å². The van der Waals surface area contributed by atoms with Crippen LogP contribution in [0, 0.1) is 16.2 Å². The summed E-state index contributed by atoms with van der Waals surface area (Å²) in [6.07, 6.45) is 1.73. The summed E-state index contributed by atoms with van der Waals surface area (Å²) in [4.78, 5) is 11.4. The molecule has 2 rings (SSSR count). The molecule has 1 N–H and O–H groups in total. The summed E-state index contributed by atoms with van der Waals surface area (Å²) in [5.41, 5.74) is 6.96. The van der Waals surface area contributed by atoms with Gasteiger partial charge in [-0.15, -0.1) is 5.54 Å². The van der Waals surface area contributed by atoms with E-state index in [-0.39, 0.29) is 0 Å². The third-order valence-corrected chi connectivity index (χ3v) is 11.5. The smallest absolute Gasteiger partial charge is 0.198 e. The number of halogens is 1. The van der Waals surface area contributed by atoms with Crippen LogP contribution >= 0.6 is 23.8 Å². The van der Waals surface area contributed by atoms with Gasteiger partial charge in [0.1, 0.15) is 18.9 Å². The van der Waals surface area contributed by atoms with Crippen LogP contribution in [0.4, 0.5) is 0 Å². The molecule has 2 aromatic heterocycles. The van der Waals surface area contributed by atoms with E-state index in [1.807, 2.05) is 6.07 Å². The van der Waals surface area contributed by atoms with Crippen LogP contribution in [0.5, 0.6) is 0 Å². The maximum Gasteiger partial charge on any atom is 0.198 e. The van der Waals surface area contributed by atoms with Gasteiger partial charge in [0.05, 0.1) is 5.39 Å². The number of aromatic nitrogens is 3. The van der Waals surface area contributed by atoms with E-state index in [4.69, 9.17) is 23.8 Å². The molecule has 0 unspecified atom stereocenters. The van der Waals surface area contributed by atoms with E-state index in [2.05, 4.69) is 68.0 Å². The van der Waals surface area contributed by atoms with Crippen LogP contribution in [0.25, 0.3) is 11.0 Å². The number of H-pyrrole nitrogens is 1. The summed E-state index contributed by atoms with van der Waals surface area (Å²) in [6.45, 7) is 13.8. The van der Waals surface area contributed by atoms with E-state index in [1.54, 1.807) is 6.20 Å². The van der Waals surface area contributed by atoms with Crippen molar-refractivity contribution in [3.05, 3.63) is 27.8 Å². The highest BCUT2D eigenvalue weighted by Crippen LogP contribution is 2.40. The fraction of sp³-hybridized carbons (Fsp3) is 0.500. The number of rotatable bonds is 3. The summed E-state index contributed by atoms with van der Waals surface area (Å²) in [5, 5.41) is 1.27. The predicted octanol–water partition coefficient (Wildman–Crippen LogP) is 5.91. The molecule has 0 atom stereocenters. The number of hydrogen-bond donors (Lipinski definition) is 1. The van der Waals surface area contributed by atoms with Gasteiger partial charge >= 0.3 is 0 Å². The zero-order chi connectivity index (χ0) is 18.1. The molecule has 3 nitrogen and oxygen atoms in total. The molecular weight excluding hydrogens is 354 g/mol. The summed E-state index contributed by atoms with van der Waals surface area (Å²) < 4.78 is 0.395. The molecule has 0 aliphatic rings. The van der Waals surface area contributed by atoms with E-state index in [1.165, 1.54) is 0 Å². The molecule has 2 heterocycles. The lowest BCUT2D eigenvalue weighted by Gasteiger charge is -2.38. The van der Waals surface area contributed by atoms with Crippen molar-refractivity contribution < 1.29 is 0 Å². The zero-order valence-corrected chi connectivity index (χ0v) is 17.6. The molecule has 24 heavy (non-hydrogen) atoms. The molecule has 0 amide bonds. The standard InChI is InChI=1S/C18H24ClN3SSi/c1-11(2)24(12(3)4,13(5)6)8-7-14-9-16(19)21-17-15(14)10-20-18(23)22-17/h9-13H,1-6H3,(H,20,21,22,23). The largest absolute Gasteiger partial charge is 0.315 e. The maximum absolute atomic E-state index is 6.17. The van der Waals surface area contributed by atoms with E-state index in [9.17, 15) is 0 Å². The lowest BCUT2D eigenvalue weighted by molar-refractivity contribution is 0.838. The molecule has 0 fully saturated rings. The third kappa shape index (κ3) is 3.56. The van der Waals surface area contributed by atoms with Gasteiger partial charge in [-0.05, 0) is 34.9 Å². The van der Waals surface area contributed by atoms with Crippen molar-refractivity contribution in [3.63, 3.8) is 0 Å². The van der Waals surface area contributed by atoms with Crippen molar-refractivity contribution in [2.75, 3.05) is 0 Å². The predicted molar refractivity (Wildman–Crippen MR) is 108 cm³/mol. The van der Waals surface area contributed by atoms with Crippen molar-refractivity contribution in [1.82, 2.24) is 15.0 Å². The highest BCUT2D eigenvalue weighted by Gasteiger charge is 2.41. The fourth-order valence-electron chi connectivity index (χ4n) is 3.72. The summed E-state index contributed by atoms with van der Waals surface area (Å²) in [7, 11) is -1.80. The average molecular weight is 378 g/mol. The summed E-state index contributed by atoms with van der Waals surface area (Å²) in [5.74, 6) is 3.43. The van der Waals surface area contributed by atoms with Crippen LogP contribution in [0.1, 0.15) is 47.1 Å². The van der Waals surface area contributed by atoms with Gasteiger partial charge in [-0.2, -0.15) is 0 Å². The zero-order valence-electron chi connectivity index (χ0n) is 15.1. The maximum atomic E-state index is 6.17. The normalized spacial score (nSPS) is 12.1. The Labute approximate surface area is 155 Å². The van der Waals surface area contributed by atoms with Crippen molar-refractivity contribution in [2.45, 2.75) is 58.2 Å². The third-order valence-electron chi connectivity index (χ3n) is 4.84. The number of nitrogens with one attached hydrogen (secondary N) is 1. The molecule has 128 valence electrons. The SMILES string of the molecule is CC(C)[Si](C#Cc1cc(Cl)nc2[nH]c(=S)ncc12)(C(C)C)C(C)C. The molecule has 0 saturated heterocycles. The first kappa shape index (κ1) is 19.1. The first-order valence-electron chi connectivity index (χ1n) is 8.27. The molecular formula is C18H24ClN3SSi. The minimum atomic E-state index is -1.80. The minimum absolute atomic E-state index is 0.395. The fourth-order valence-corrected chi connectivity index (χ4v) is 9.28. The number of hydrogen-bond acceptors (Lipinski definition) is 3. The number of pyridine rings is 1. The van der Waals surface area contributed by atoms with Gasteiger partial charge < -0.3 is 4.98 Å². The minimum Gasteiger partial charge on any atom is -0.315 e. The Morgan fingerprint density at radius 1 is 1.12 bits per heavy atom. The second-order valence-corrected chi connectivity index (χ2v) is 13.4. The quantitative estimate of drug-likeness (QED) is 0.313. The highest BCUT2D eigenvalue weighted by atomic mass is 35.5. The molecule has 2 aromatic rings. The lowest BCUT2D eigenvalue weighted by atomic mass is 10.2. The molecule has 0 saturated carbocycles. The van der Waals surface area contributed by atoms with Gasteiger partial charge in [0.25, 0.3) is 0 Å². The van der Waals surface area contributed by atoms with Crippen molar-refractivity contribution in [1.29, 1.82) is 0 Å². The number of aromatic amines is 1. The Morgan fingerprint density at radius 2 is 1.71 bits per heavy atom. The second-order valence-electron chi connectivity index (χ2n) is 7.09. The monoisotopic (exact) mass is 377 g/mol. The Balaban J connectivity index is 2.69. The van der Waals surface area contributed by atoms with Gasteiger partial charge in [0.2, 0.25) is 0 Å². The van der Waals surface area contributed by atoms with Crippen molar-refractivity contribution >= 4 is 42.9 Å². The molecule has 0 aromatic carbocycles. The van der Waals surface area contributed by atoms with Crippen LogP contribution in [0.3, 0.4) is 0 Å². The Bertz CT molecular complexity index is 840. The van der Waals surface area contributed by atoms with Gasteiger partial charge in [-0.1, -0.05) is 59.1 Å². The lowest BCUT2D eigenvalue weighted by Crippen LogP contribution is -2.43. The average Bonchev–Trinajstić information content (AvgIpc) is 2.45. The van der Waals surface area contributed by atoms with E-state index in [0.29, 0.717) is 32.2 Å². The number of nitrogens with zero attached hydrogens (tertiary/aromatic N) is 2. The van der Waals surface area contributed by atoms with E-state index in [0.717, 1.165) is 10.9 Å². The van der Waals surface area contributed by atoms with Crippen LogP contribution in [-0.4, -0.2) is 23.0 Å². The molecule has 6 heteroatoms. The van der Waals surface area contributed by atoms with Crippen LogP contribution in [0.2, 0.25) is 21.8 Å². The molecule has 0 aliphatic carbocycles. The Kier molecular flexibility index (Phi) is 5.85.